The van der Waals surface area contributed by atoms with Gasteiger partial charge in [0.05, 0.1) is 64.2 Å². The third-order valence-electron chi connectivity index (χ3n) is 3.99. The highest BCUT2D eigenvalue weighted by Crippen LogP contribution is 2.21. The number of ether oxygens (including phenoxy) is 4. The van der Waals surface area contributed by atoms with E-state index in [1.54, 1.807) is 0 Å². The maximum absolute atomic E-state index is 5.66. The highest BCUT2D eigenvalue weighted by Gasteiger charge is 2.09. The summed E-state index contributed by atoms with van der Waals surface area (Å²) in [6.07, 6.45) is 4.19. The molecule has 0 saturated carbocycles. The fourth-order valence-electron chi connectivity index (χ4n) is 2.77. The molecule has 0 aromatic carbocycles. The average molecular weight is 334 g/mol. The molecule has 0 bridgehead atoms. The zero-order valence-electron chi connectivity index (χ0n) is 14.1. The molecule has 0 fully saturated rings. The number of nitrogens with zero attached hydrogens (tertiary/aromatic N) is 2. The molecule has 3 rings (SSSR count). The van der Waals surface area contributed by atoms with Gasteiger partial charge in [0, 0.05) is 25.5 Å². The van der Waals surface area contributed by atoms with Crippen LogP contribution in [-0.2, 0) is 32.0 Å². The van der Waals surface area contributed by atoms with Gasteiger partial charge in [-0.25, -0.2) is 0 Å². The SMILES string of the molecule is c1cc2n(c1)CCOCCOCCOCCOCCn1cccc1-2. The van der Waals surface area contributed by atoms with Crippen molar-refractivity contribution in [1.29, 1.82) is 0 Å². The molecule has 132 valence electrons. The van der Waals surface area contributed by atoms with Crippen molar-refractivity contribution in [3.8, 4) is 11.4 Å². The molecular formula is C18H26N2O4. The lowest BCUT2D eigenvalue weighted by Gasteiger charge is -2.14. The van der Waals surface area contributed by atoms with Crippen LogP contribution in [0.25, 0.3) is 11.4 Å². The van der Waals surface area contributed by atoms with Crippen LogP contribution in [0.15, 0.2) is 36.7 Å². The molecule has 0 spiro atoms. The van der Waals surface area contributed by atoms with Gasteiger partial charge in [-0.2, -0.15) is 0 Å². The Bertz CT molecular complexity index is 541. The number of hydrogen-bond donors (Lipinski definition) is 0. The molecule has 0 atom stereocenters. The number of hydrogen-bond acceptors (Lipinski definition) is 4. The fraction of sp³-hybridized carbons (Fsp3) is 0.556. The van der Waals surface area contributed by atoms with Crippen LogP contribution in [-0.4, -0.2) is 62.0 Å². The quantitative estimate of drug-likeness (QED) is 0.740. The van der Waals surface area contributed by atoms with Gasteiger partial charge in [0.1, 0.15) is 0 Å². The van der Waals surface area contributed by atoms with E-state index in [1.165, 1.54) is 11.4 Å². The van der Waals surface area contributed by atoms with E-state index in [9.17, 15) is 0 Å². The van der Waals surface area contributed by atoms with Crippen LogP contribution >= 0.6 is 0 Å². The van der Waals surface area contributed by atoms with Crippen LogP contribution < -0.4 is 0 Å². The lowest BCUT2D eigenvalue weighted by molar-refractivity contribution is -0.00334. The number of aromatic nitrogens is 2. The second-order valence-corrected chi connectivity index (χ2v) is 5.62. The maximum atomic E-state index is 5.66. The largest absolute Gasteiger partial charge is 0.377 e. The molecular weight excluding hydrogens is 308 g/mol. The van der Waals surface area contributed by atoms with E-state index in [-0.39, 0.29) is 0 Å². The van der Waals surface area contributed by atoms with E-state index in [0.717, 1.165) is 13.1 Å². The molecule has 0 unspecified atom stereocenters. The lowest BCUT2D eigenvalue weighted by atomic mass is 10.3. The third kappa shape index (κ3) is 4.95. The molecule has 0 aliphatic carbocycles. The summed E-state index contributed by atoms with van der Waals surface area (Å²) in [5, 5.41) is 0. The Kier molecular flexibility index (Phi) is 6.92. The first kappa shape index (κ1) is 17.2. The minimum atomic E-state index is 0.595. The Labute approximate surface area is 142 Å². The first-order chi connectivity index (χ1) is 11.9. The van der Waals surface area contributed by atoms with E-state index in [4.69, 9.17) is 18.9 Å². The van der Waals surface area contributed by atoms with E-state index in [0.29, 0.717) is 52.9 Å². The number of fused-ring (bicyclic) bond motifs is 3. The van der Waals surface area contributed by atoms with Crippen LogP contribution in [0.4, 0.5) is 0 Å². The summed E-state index contributed by atoms with van der Waals surface area (Å²) in [5.74, 6) is 0. The summed E-state index contributed by atoms with van der Waals surface area (Å²) < 4.78 is 26.7. The highest BCUT2D eigenvalue weighted by molar-refractivity contribution is 5.56. The van der Waals surface area contributed by atoms with Gasteiger partial charge in [0.15, 0.2) is 0 Å². The van der Waals surface area contributed by atoms with Crippen LogP contribution in [0.1, 0.15) is 0 Å². The standard InChI is InChI=1S/C18H26N2O4/c1-3-17-18-4-2-6-20(18)8-10-22-12-14-24-16-15-23-13-11-21-9-7-19(17)5-1/h1-6H,7-16H2. The molecule has 0 N–H and O–H groups in total. The first-order valence-corrected chi connectivity index (χ1v) is 8.57. The summed E-state index contributed by atoms with van der Waals surface area (Å²) in [4.78, 5) is 0. The molecule has 0 radical (unpaired) electrons. The first-order valence-electron chi connectivity index (χ1n) is 8.57. The molecule has 24 heavy (non-hydrogen) atoms. The molecule has 0 saturated heterocycles. The van der Waals surface area contributed by atoms with Crippen molar-refractivity contribution in [3.05, 3.63) is 36.7 Å². The van der Waals surface area contributed by atoms with Crippen LogP contribution in [0.2, 0.25) is 0 Å². The predicted octanol–water partition coefficient (Wildman–Crippen LogP) is 2.04. The van der Waals surface area contributed by atoms with Crippen LogP contribution in [0, 0.1) is 0 Å². The second-order valence-electron chi connectivity index (χ2n) is 5.62. The smallest absolute Gasteiger partial charge is 0.0701 e. The normalized spacial score (nSPS) is 19.0. The van der Waals surface area contributed by atoms with Crippen molar-refractivity contribution in [2.45, 2.75) is 13.1 Å². The van der Waals surface area contributed by atoms with Gasteiger partial charge in [0.2, 0.25) is 0 Å². The molecule has 0 amide bonds. The minimum absolute atomic E-state index is 0.595. The van der Waals surface area contributed by atoms with Gasteiger partial charge < -0.3 is 28.1 Å². The van der Waals surface area contributed by atoms with Crippen molar-refractivity contribution in [2.75, 3.05) is 52.9 Å². The van der Waals surface area contributed by atoms with Crippen molar-refractivity contribution in [2.24, 2.45) is 0 Å². The molecule has 6 heteroatoms. The van der Waals surface area contributed by atoms with Crippen molar-refractivity contribution in [3.63, 3.8) is 0 Å². The average Bonchev–Trinajstić information content (AvgIpc) is 3.23. The minimum Gasteiger partial charge on any atom is -0.377 e. The van der Waals surface area contributed by atoms with E-state index >= 15 is 0 Å². The molecule has 3 heterocycles. The van der Waals surface area contributed by atoms with Gasteiger partial charge in [-0.05, 0) is 24.3 Å². The Morgan fingerprint density at radius 1 is 0.542 bits per heavy atom. The van der Waals surface area contributed by atoms with Crippen molar-refractivity contribution in [1.82, 2.24) is 9.13 Å². The lowest BCUT2D eigenvalue weighted by Crippen LogP contribution is -2.15. The van der Waals surface area contributed by atoms with Gasteiger partial charge in [-0.15, -0.1) is 0 Å². The Hall–Kier alpha value is -1.60. The Morgan fingerprint density at radius 3 is 1.33 bits per heavy atom. The molecule has 2 aromatic rings. The molecule has 1 aliphatic rings. The van der Waals surface area contributed by atoms with E-state index in [2.05, 4.69) is 45.8 Å². The van der Waals surface area contributed by atoms with Crippen LogP contribution in [0.3, 0.4) is 0 Å². The Morgan fingerprint density at radius 2 is 0.917 bits per heavy atom. The summed E-state index contributed by atoms with van der Waals surface area (Å²) in [6.45, 7) is 6.60. The number of rotatable bonds is 0. The molecule has 1 aliphatic heterocycles. The van der Waals surface area contributed by atoms with Crippen molar-refractivity contribution < 1.29 is 18.9 Å². The maximum Gasteiger partial charge on any atom is 0.0701 e. The van der Waals surface area contributed by atoms with Gasteiger partial charge in [0.25, 0.3) is 0 Å². The van der Waals surface area contributed by atoms with Crippen LogP contribution in [0.5, 0.6) is 0 Å². The third-order valence-corrected chi connectivity index (χ3v) is 3.99. The predicted molar refractivity (Wildman–Crippen MR) is 91.1 cm³/mol. The van der Waals surface area contributed by atoms with Gasteiger partial charge in [-0.3, -0.25) is 0 Å². The summed E-state index contributed by atoms with van der Waals surface area (Å²) in [6, 6.07) is 8.43. The van der Waals surface area contributed by atoms with Gasteiger partial charge in [-0.1, -0.05) is 0 Å². The highest BCUT2D eigenvalue weighted by atomic mass is 16.6. The molecule has 6 nitrogen and oxygen atoms in total. The van der Waals surface area contributed by atoms with E-state index in [1.807, 2.05) is 0 Å². The topological polar surface area (TPSA) is 46.8 Å². The van der Waals surface area contributed by atoms with Gasteiger partial charge >= 0.3 is 0 Å². The second kappa shape index (κ2) is 9.64. The van der Waals surface area contributed by atoms with Crippen molar-refractivity contribution >= 4 is 0 Å². The summed E-state index contributed by atoms with van der Waals surface area (Å²) in [5.41, 5.74) is 2.40. The fourth-order valence-corrected chi connectivity index (χ4v) is 2.77. The monoisotopic (exact) mass is 334 g/mol. The summed E-state index contributed by atoms with van der Waals surface area (Å²) >= 11 is 0. The summed E-state index contributed by atoms with van der Waals surface area (Å²) in [7, 11) is 0. The zero-order valence-corrected chi connectivity index (χ0v) is 14.1. The van der Waals surface area contributed by atoms with E-state index < -0.39 is 0 Å². The Balaban J connectivity index is 1.65. The zero-order chi connectivity index (χ0) is 16.5. The molecule has 2 aromatic heterocycles.